The highest BCUT2D eigenvalue weighted by Crippen LogP contribution is 2.16. The molecule has 9 heteroatoms. The molecule has 3 N–H and O–H groups in total. The number of carbonyl (C=O) groups excluding carboxylic acids is 1. The number of anilines is 1. The van der Waals surface area contributed by atoms with Crippen molar-refractivity contribution in [3.8, 4) is 0 Å². The molecular formula is C19H27IN6O2. The first-order chi connectivity index (χ1) is 13.0. The third-order valence-corrected chi connectivity index (χ3v) is 4.50. The van der Waals surface area contributed by atoms with Crippen molar-refractivity contribution in [2.75, 3.05) is 31.6 Å². The fourth-order valence-electron chi connectivity index (χ4n) is 2.86. The second-order valence-corrected chi connectivity index (χ2v) is 6.47. The van der Waals surface area contributed by atoms with E-state index in [4.69, 9.17) is 4.42 Å². The Kier molecular flexibility index (Phi) is 8.09. The summed E-state index contributed by atoms with van der Waals surface area (Å²) in [5.41, 5.74) is 3.10. The number of hydrogen-bond acceptors (Lipinski definition) is 5. The lowest BCUT2D eigenvalue weighted by atomic mass is 10.2. The molecule has 1 aromatic carbocycles. The highest BCUT2D eigenvalue weighted by atomic mass is 127. The molecule has 1 saturated heterocycles. The smallest absolute Gasteiger partial charge is 0.239 e. The number of amides is 1. The molecule has 0 bridgehead atoms. The van der Waals surface area contributed by atoms with Gasteiger partial charge >= 0.3 is 0 Å². The van der Waals surface area contributed by atoms with Crippen LogP contribution in [0, 0.1) is 13.8 Å². The number of piperazine rings is 1. The van der Waals surface area contributed by atoms with Gasteiger partial charge in [0.1, 0.15) is 5.76 Å². The summed E-state index contributed by atoms with van der Waals surface area (Å²) in [6.07, 6.45) is 0. The molecule has 152 valence electrons. The summed E-state index contributed by atoms with van der Waals surface area (Å²) in [6.45, 7) is 6.88. The van der Waals surface area contributed by atoms with E-state index in [1.165, 1.54) is 0 Å². The van der Waals surface area contributed by atoms with E-state index in [1.807, 2.05) is 26.0 Å². The van der Waals surface area contributed by atoms with E-state index in [2.05, 4.69) is 43.0 Å². The Morgan fingerprint density at radius 3 is 2.57 bits per heavy atom. The van der Waals surface area contributed by atoms with Crippen molar-refractivity contribution >= 4 is 41.5 Å². The third kappa shape index (κ3) is 5.85. The normalized spacial score (nSPS) is 14.3. The number of halogens is 1. The van der Waals surface area contributed by atoms with Gasteiger partial charge in [-0.2, -0.15) is 0 Å². The van der Waals surface area contributed by atoms with Crippen LogP contribution in [0.5, 0.6) is 0 Å². The predicted octanol–water partition coefficient (Wildman–Crippen LogP) is 1.71. The number of aromatic nitrogens is 1. The molecule has 2 aromatic rings. The molecule has 0 radical (unpaired) electrons. The Bertz CT molecular complexity index is 799. The van der Waals surface area contributed by atoms with Crippen molar-refractivity contribution in [3.63, 3.8) is 0 Å². The van der Waals surface area contributed by atoms with E-state index in [0.29, 0.717) is 38.0 Å². The monoisotopic (exact) mass is 498 g/mol. The lowest BCUT2D eigenvalue weighted by Gasteiger charge is -2.28. The van der Waals surface area contributed by atoms with Gasteiger partial charge in [0, 0.05) is 32.4 Å². The Labute approximate surface area is 182 Å². The van der Waals surface area contributed by atoms with Crippen LogP contribution >= 0.6 is 24.0 Å². The van der Waals surface area contributed by atoms with Crippen molar-refractivity contribution < 1.29 is 9.21 Å². The van der Waals surface area contributed by atoms with Crippen molar-refractivity contribution in [1.82, 2.24) is 20.9 Å². The number of hydrogen-bond donors (Lipinski definition) is 3. The molecule has 1 aliphatic heterocycles. The third-order valence-electron chi connectivity index (χ3n) is 4.50. The molecule has 3 rings (SSSR count). The fourth-order valence-corrected chi connectivity index (χ4v) is 2.86. The van der Waals surface area contributed by atoms with Crippen LogP contribution in [0.15, 0.2) is 33.7 Å². The fraction of sp³-hybridized carbons (Fsp3) is 0.421. The number of nitrogens with zero attached hydrogens (tertiary/aromatic N) is 3. The second-order valence-electron chi connectivity index (χ2n) is 6.47. The number of aliphatic imine (C=N–C) groups is 1. The van der Waals surface area contributed by atoms with Crippen LogP contribution in [-0.4, -0.2) is 43.5 Å². The second kappa shape index (κ2) is 10.3. The summed E-state index contributed by atoms with van der Waals surface area (Å²) in [6, 6.07) is 8.21. The van der Waals surface area contributed by atoms with E-state index >= 15 is 0 Å². The van der Waals surface area contributed by atoms with Gasteiger partial charge in [-0.15, -0.1) is 24.0 Å². The standard InChI is InChI=1S/C19H26N6O2.HI/c1-13-14(2)27-18(24-13)11-23-19(20-3)22-10-15-4-6-16(7-5-15)25-9-8-21-17(26)12-25;/h4-7H,8-12H2,1-3H3,(H,21,26)(H2,20,22,23);1H. The van der Waals surface area contributed by atoms with Crippen LogP contribution in [0.2, 0.25) is 0 Å². The lowest BCUT2D eigenvalue weighted by molar-refractivity contribution is -0.120. The molecule has 28 heavy (non-hydrogen) atoms. The van der Waals surface area contributed by atoms with Gasteiger partial charge in [0.15, 0.2) is 5.96 Å². The molecule has 0 atom stereocenters. The average Bonchev–Trinajstić information content (AvgIpc) is 3.00. The molecule has 0 aliphatic carbocycles. The molecule has 0 spiro atoms. The quantitative estimate of drug-likeness (QED) is 0.330. The first-order valence-electron chi connectivity index (χ1n) is 9.03. The maximum absolute atomic E-state index is 11.5. The maximum atomic E-state index is 11.5. The topological polar surface area (TPSA) is 94.8 Å². The van der Waals surface area contributed by atoms with Gasteiger partial charge in [-0.05, 0) is 31.5 Å². The predicted molar refractivity (Wildman–Crippen MR) is 120 cm³/mol. The molecule has 1 aliphatic rings. The summed E-state index contributed by atoms with van der Waals surface area (Å²) in [5, 5.41) is 9.31. The first-order valence-corrected chi connectivity index (χ1v) is 9.03. The minimum atomic E-state index is 0. The average molecular weight is 498 g/mol. The van der Waals surface area contributed by atoms with Gasteiger partial charge in [-0.1, -0.05) is 12.1 Å². The molecule has 0 unspecified atom stereocenters. The molecule has 8 nitrogen and oxygen atoms in total. The van der Waals surface area contributed by atoms with Gasteiger partial charge in [0.2, 0.25) is 11.8 Å². The number of rotatable bonds is 5. The number of guanidine groups is 1. The number of carbonyl (C=O) groups is 1. The molecule has 0 saturated carbocycles. The highest BCUT2D eigenvalue weighted by molar-refractivity contribution is 14.0. The van der Waals surface area contributed by atoms with Crippen LogP contribution in [0.1, 0.15) is 22.9 Å². The largest absolute Gasteiger partial charge is 0.444 e. The Balaban J connectivity index is 0.00000280. The van der Waals surface area contributed by atoms with E-state index < -0.39 is 0 Å². The van der Waals surface area contributed by atoms with E-state index in [9.17, 15) is 4.79 Å². The van der Waals surface area contributed by atoms with Crippen LogP contribution in [0.25, 0.3) is 0 Å². The molecular weight excluding hydrogens is 471 g/mol. The Morgan fingerprint density at radius 2 is 1.96 bits per heavy atom. The Hall–Kier alpha value is -2.30. The van der Waals surface area contributed by atoms with Gasteiger partial charge in [0.25, 0.3) is 0 Å². The summed E-state index contributed by atoms with van der Waals surface area (Å²) < 4.78 is 5.56. The molecule has 1 fully saturated rings. The molecule has 2 heterocycles. The van der Waals surface area contributed by atoms with Gasteiger partial charge in [-0.25, -0.2) is 4.98 Å². The highest BCUT2D eigenvalue weighted by Gasteiger charge is 2.16. The van der Waals surface area contributed by atoms with Crippen LogP contribution in [0.4, 0.5) is 5.69 Å². The SMILES string of the molecule is CN=C(NCc1ccc(N2CCNC(=O)C2)cc1)NCc1nc(C)c(C)o1.I. The summed E-state index contributed by atoms with van der Waals surface area (Å²) in [4.78, 5) is 22.2. The van der Waals surface area contributed by atoms with Gasteiger partial charge in [-0.3, -0.25) is 9.79 Å². The summed E-state index contributed by atoms with van der Waals surface area (Å²) in [5.74, 6) is 2.22. The molecule has 1 amide bonds. The first kappa shape index (κ1) is 22.0. The van der Waals surface area contributed by atoms with E-state index in [0.717, 1.165) is 29.2 Å². The minimum Gasteiger partial charge on any atom is -0.444 e. The van der Waals surface area contributed by atoms with Crippen molar-refractivity contribution in [3.05, 3.63) is 47.2 Å². The lowest BCUT2D eigenvalue weighted by Crippen LogP contribution is -2.47. The van der Waals surface area contributed by atoms with E-state index in [1.54, 1.807) is 7.05 Å². The number of aryl methyl sites for hydroxylation is 2. The zero-order valence-corrected chi connectivity index (χ0v) is 18.7. The van der Waals surface area contributed by atoms with Crippen molar-refractivity contribution in [2.24, 2.45) is 4.99 Å². The number of benzene rings is 1. The minimum absolute atomic E-state index is 0. The maximum Gasteiger partial charge on any atom is 0.239 e. The summed E-state index contributed by atoms with van der Waals surface area (Å²) in [7, 11) is 1.73. The molecule has 1 aromatic heterocycles. The van der Waals surface area contributed by atoms with Crippen LogP contribution in [-0.2, 0) is 17.9 Å². The van der Waals surface area contributed by atoms with Crippen LogP contribution < -0.4 is 20.9 Å². The van der Waals surface area contributed by atoms with Crippen molar-refractivity contribution in [2.45, 2.75) is 26.9 Å². The summed E-state index contributed by atoms with van der Waals surface area (Å²) >= 11 is 0. The number of nitrogens with one attached hydrogen (secondary N) is 3. The van der Waals surface area contributed by atoms with Gasteiger partial charge < -0.3 is 25.3 Å². The van der Waals surface area contributed by atoms with Crippen molar-refractivity contribution in [1.29, 1.82) is 0 Å². The van der Waals surface area contributed by atoms with Gasteiger partial charge in [0.05, 0.1) is 18.8 Å². The van der Waals surface area contributed by atoms with Crippen LogP contribution in [0.3, 0.4) is 0 Å². The van der Waals surface area contributed by atoms with E-state index in [-0.39, 0.29) is 29.9 Å². The zero-order chi connectivity index (χ0) is 19.2. The zero-order valence-electron chi connectivity index (χ0n) is 16.4. The Morgan fingerprint density at radius 1 is 1.25 bits per heavy atom. The number of oxazole rings is 1.